The molecular weight excluding hydrogens is 210 g/mol. The summed E-state index contributed by atoms with van der Waals surface area (Å²) in [5, 5.41) is 0. The van der Waals surface area contributed by atoms with E-state index in [0.29, 0.717) is 6.42 Å². The number of ether oxygens (including phenoxy) is 2. The molecule has 0 spiro atoms. The lowest BCUT2D eigenvalue weighted by Crippen LogP contribution is -2.33. The highest BCUT2D eigenvalue weighted by Gasteiger charge is 2.19. The summed E-state index contributed by atoms with van der Waals surface area (Å²) in [7, 11) is 2.92. The Labute approximate surface area is 95.7 Å². The van der Waals surface area contributed by atoms with Crippen LogP contribution in [0.5, 0.6) is 0 Å². The van der Waals surface area contributed by atoms with E-state index in [1.165, 1.54) is 12.0 Å². The smallest absolute Gasteiger partial charge is 0.325 e. The molecule has 1 saturated heterocycles. The zero-order chi connectivity index (χ0) is 12.0. The highest BCUT2D eigenvalue weighted by Crippen LogP contribution is 2.17. The Hall–Kier alpha value is -1.10. The first-order valence-corrected chi connectivity index (χ1v) is 5.56. The molecule has 1 aliphatic heterocycles. The molecule has 0 aromatic carbocycles. The Bertz CT molecular complexity index is 248. The van der Waals surface area contributed by atoms with E-state index in [0.717, 1.165) is 25.9 Å². The van der Waals surface area contributed by atoms with Crippen LogP contribution < -0.4 is 0 Å². The van der Waals surface area contributed by atoms with Gasteiger partial charge in [-0.15, -0.1) is 0 Å². The van der Waals surface area contributed by atoms with Crippen LogP contribution in [0.2, 0.25) is 0 Å². The molecule has 0 bridgehead atoms. The molecule has 0 aromatic rings. The molecule has 1 rings (SSSR count). The van der Waals surface area contributed by atoms with Crippen molar-refractivity contribution in [3.05, 3.63) is 0 Å². The van der Waals surface area contributed by atoms with Gasteiger partial charge in [0.1, 0.15) is 6.54 Å². The minimum absolute atomic E-state index is 0.0147. The van der Waals surface area contributed by atoms with Crippen molar-refractivity contribution in [3.8, 4) is 0 Å². The van der Waals surface area contributed by atoms with Crippen molar-refractivity contribution in [1.29, 1.82) is 0 Å². The van der Waals surface area contributed by atoms with Crippen LogP contribution in [0.1, 0.15) is 25.7 Å². The first-order chi connectivity index (χ1) is 7.63. The second kappa shape index (κ2) is 6.48. The van der Waals surface area contributed by atoms with Gasteiger partial charge in [0.05, 0.1) is 13.2 Å². The number of nitrogens with zero attached hydrogens (tertiary/aromatic N) is 1. The fraction of sp³-hybridized carbons (Fsp3) is 0.818. The number of methoxy groups -OCH3 is 1. The quantitative estimate of drug-likeness (QED) is 0.647. The number of rotatable bonds is 5. The van der Waals surface area contributed by atoms with E-state index in [1.54, 1.807) is 7.05 Å². The van der Waals surface area contributed by atoms with Gasteiger partial charge in [0, 0.05) is 20.1 Å². The summed E-state index contributed by atoms with van der Waals surface area (Å²) in [6.45, 7) is 0.817. The maximum atomic E-state index is 11.6. The predicted octanol–water partition coefficient (Wildman–Crippen LogP) is 0.577. The minimum atomic E-state index is -0.395. The lowest BCUT2D eigenvalue weighted by molar-refractivity contribution is -0.146. The Morgan fingerprint density at radius 3 is 2.81 bits per heavy atom. The second-order valence-corrected chi connectivity index (χ2v) is 4.00. The molecule has 1 heterocycles. The molecular formula is C11H19NO4. The maximum absolute atomic E-state index is 11.6. The maximum Gasteiger partial charge on any atom is 0.325 e. The van der Waals surface area contributed by atoms with Gasteiger partial charge in [-0.25, -0.2) is 0 Å². The third-order valence-corrected chi connectivity index (χ3v) is 2.72. The number of hydrogen-bond donors (Lipinski definition) is 0. The van der Waals surface area contributed by atoms with Gasteiger partial charge in [-0.2, -0.15) is 0 Å². The van der Waals surface area contributed by atoms with E-state index in [9.17, 15) is 9.59 Å². The topological polar surface area (TPSA) is 55.8 Å². The Morgan fingerprint density at radius 1 is 1.50 bits per heavy atom. The average Bonchev–Trinajstić information content (AvgIpc) is 2.78. The number of likely N-dealkylation sites (N-methyl/N-ethyl adjacent to an activating group) is 1. The second-order valence-electron chi connectivity index (χ2n) is 4.00. The molecule has 0 aliphatic carbocycles. The molecule has 1 amide bonds. The summed E-state index contributed by atoms with van der Waals surface area (Å²) >= 11 is 0. The number of amides is 1. The number of esters is 1. The van der Waals surface area contributed by atoms with Gasteiger partial charge in [-0.3, -0.25) is 9.59 Å². The normalized spacial score (nSPS) is 19.5. The third kappa shape index (κ3) is 4.18. The number of hydrogen-bond acceptors (Lipinski definition) is 4. The van der Waals surface area contributed by atoms with Crippen molar-refractivity contribution >= 4 is 11.9 Å². The summed E-state index contributed by atoms with van der Waals surface area (Å²) in [6, 6.07) is 0. The predicted molar refractivity (Wildman–Crippen MR) is 57.9 cm³/mol. The van der Waals surface area contributed by atoms with Gasteiger partial charge >= 0.3 is 5.97 Å². The van der Waals surface area contributed by atoms with E-state index in [2.05, 4.69) is 4.74 Å². The summed E-state index contributed by atoms with van der Waals surface area (Å²) in [6.07, 6.45) is 3.50. The highest BCUT2D eigenvalue weighted by molar-refractivity contribution is 5.81. The van der Waals surface area contributed by atoms with Crippen LogP contribution in [0.25, 0.3) is 0 Å². The van der Waals surface area contributed by atoms with Crippen LogP contribution in [0, 0.1) is 0 Å². The molecule has 0 N–H and O–H groups in total. The zero-order valence-electron chi connectivity index (χ0n) is 9.90. The van der Waals surface area contributed by atoms with Crippen LogP contribution in [-0.2, 0) is 19.1 Å². The van der Waals surface area contributed by atoms with Crippen LogP contribution in [0.15, 0.2) is 0 Å². The molecule has 5 nitrogen and oxygen atoms in total. The molecule has 1 atom stereocenters. The van der Waals surface area contributed by atoms with Gasteiger partial charge in [0.2, 0.25) is 5.91 Å². The van der Waals surface area contributed by atoms with Gasteiger partial charge in [0.15, 0.2) is 0 Å². The van der Waals surface area contributed by atoms with E-state index >= 15 is 0 Å². The SMILES string of the molecule is COC(=O)CN(C)C(=O)CCC1CCCO1. The lowest BCUT2D eigenvalue weighted by atomic mass is 10.1. The lowest BCUT2D eigenvalue weighted by Gasteiger charge is -2.16. The van der Waals surface area contributed by atoms with Crippen molar-refractivity contribution in [2.45, 2.75) is 31.8 Å². The summed E-state index contributed by atoms with van der Waals surface area (Å²) < 4.78 is 9.91. The van der Waals surface area contributed by atoms with Crippen molar-refractivity contribution in [1.82, 2.24) is 4.90 Å². The zero-order valence-corrected chi connectivity index (χ0v) is 9.90. The first kappa shape index (κ1) is 13.0. The van der Waals surface area contributed by atoms with Gasteiger partial charge in [-0.1, -0.05) is 0 Å². The van der Waals surface area contributed by atoms with Crippen molar-refractivity contribution < 1.29 is 19.1 Å². The molecule has 1 unspecified atom stereocenters. The first-order valence-electron chi connectivity index (χ1n) is 5.56. The van der Waals surface area contributed by atoms with Crippen molar-refractivity contribution in [2.75, 3.05) is 27.3 Å². The largest absolute Gasteiger partial charge is 0.468 e. The van der Waals surface area contributed by atoms with Crippen LogP contribution in [0.4, 0.5) is 0 Å². The van der Waals surface area contributed by atoms with E-state index < -0.39 is 5.97 Å². The molecule has 5 heteroatoms. The van der Waals surface area contributed by atoms with Crippen LogP contribution in [0.3, 0.4) is 0 Å². The minimum Gasteiger partial charge on any atom is -0.468 e. The summed E-state index contributed by atoms with van der Waals surface area (Å²) in [5.74, 6) is -0.436. The molecule has 1 aliphatic rings. The summed E-state index contributed by atoms with van der Waals surface area (Å²) in [5.41, 5.74) is 0. The third-order valence-electron chi connectivity index (χ3n) is 2.72. The van der Waals surface area contributed by atoms with E-state index in [4.69, 9.17) is 4.74 Å². The van der Waals surface area contributed by atoms with Gasteiger partial charge in [0.25, 0.3) is 0 Å². The van der Waals surface area contributed by atoms with Crippen LogP contribution in [-0.4, -0.2) is 50.2 Å². The molecule has 92 valence electrons. The molecule has 16 heavy (non-hydrogen) atoms. The highest BCUT2D eigenvalue weighted by atomic mass is 16.5. The fourth-order valence-electron chi connectivity index (χ4n) is 1.69. The Balaban J connectivity index is 2.20. The average molecular weight is 229 g/mol. The Kier molecular flexibility index (Phi) is 5.25. The summed E-state index contributed by atoms with van der Waals surface area (Å²) in [4.78, 5) is 23.9. The molecule has 0 aromatic heterocycles. The molecule has 0 radical (unpaired) electrons. The van der Waals surface area contributed by atoms with Crippen molar-refractivity contribution in [3.63, 3.8) is 0 Å². The Morgan fingerprint density at radius 2 is 2.25 bits per heavy atom. The van der Waals surface area contributed by atoms with E-state index in [1.807, 2.05) is 0 Å². The number of carbonyl (C=O) groups is 2. The molecule has 0 saturated carbocycles. The van der Waals surface area contributed by atoms with Gasteiger partial charge < -0.3 is 14.4 Å². The van der Waals surface area contributed by atoms with Crippen molar-refractivity contribution in [2.24, 2.45) is 0 Å². The van der Waals surface area contributed by atoms with Crippen LogP contribution >= 0.6 is 0 Å². The fourth-order valence-corrected chi connectivity index (χ4v) is 1.69. The molecule has 1 fully saturated rings. The van der Waals surface area contributed by atoms with Gasteiger partial charge in [-0.05, 0) is 19.3 Å². The standard InChI is InChI=1S/C11H19NO4/c1-12(8-11(14)15-2)10(13)6-5-9-4-3-7-16-9/h9H,3-8H2,1-2H3. The van der Waals surface area contributed by atoms with E-state index in [-0.39, 0.29) is 18.6 Å². The monoisotopic (exact) mass is 229 g/mol. The number of carbonyl (C=O) groups excluding carboxylic acids is 2.